The number of carbonyl (C=O) groups excluding carboxylic acids is 1. The highest BCUT2D eigenvalue weighted by Gasteiger charge is 2.52. The molecule has 0 saturated carbocycles. The SMILES string of the molecule is CC(=O)OC1(C2=Cc3ccccc3C2)c2ccccc2CC1Cc1ccccc1. The Balaban J connectivity index is 1.66. The molecule has 0 aliphatic heterocycles. The van der Waals surface area contributed by atoms with Crippen LogP contribution in [-0.2, 0) is 34.4 Å². The van der Waals surface area contributed by atoms with Crippen molar-refractivity contribution in [2.75, 3.05) is 0 Å². The van der Waals surface area contributed by atoms with Gasteiger partial charge in [0.1, 0.15) is 0 Å². The second-order valence-corrected chi connectivity index (χ2v) is 8.12. The largest absolute Gasteiger partial charge is 0.449 e. The van der Waals surface area contributed by atoms with E-state index in [1.54, 1.807) is 0 Å². The lowest BCUT2D eigenvalue weighted by Crippen LogP contribution is -2.40. The van der Waals surface area contributed by atoms with Crippen molar-refractivity contribution in [2.24, 2.45) is 5.92 Å². The first-order valence-electron chi connectivity index (χ1n) is 10.3. The van der Waals surface area contributed by atoms with Crippen LogP contribution in [0.4, 0.5) is 0 Å². The Labute approximate surface area is 171 Å². The fraction of sp³-hybridized carbons (Fsp3) is 0.222. The van der Waals surface area contributed by atoms with Crippen LogP contribution in [0.5, 0.6) is 0 Å². The highest BCUT2D eigenvalue weighted by molar-refractivity contribution is 5.72. The van der Waals surface area contributed by atoms with E-state index >= 15 is 0 Å². The van der Waals surface area contributed by atoms with E-state index in [2.05, 4.69) is 78.9 Å². The highest BCUT2D eigenvalue weighted by Crippen LogP contribution is 2.53. The van der Waals surface area contributed by atoms with E-state index in [0.29, 0.717) is 0 Å². The van der Waals surface area contributed by atoms with E-state index in [4.69, 9.17) is 4.74 Å². The first kappa shape index (κ1) is 17.9. The molecule has 0 aromatic heterocycles. The van der Waals surface area contributed by atoms with Gasteiger partial charge in [-0.2, -0.15) is 0 Å². The number of fused-ring (bicyclic) bond motifs is 2. The monoisotopic (exact) mass is 380 g/mol. The molecule has 0 bridgehead atoms. The second-order valence-electron chi connectivity index (χ2n) is 8.12. The Bertz CT molecular complexity index is 1100. The maximum Gasteiger partial charge on any atom is 0.303 e. The number of benzene rings is 3. The smallest absolute Gasteiger partial charge is 0.303 e. The van der Waals surface area contributed by atoms with Gasteiger partial charge in [0.25, 0.3) is 0 Å². The minimum atomic E-state index is -0.711. The Morgan fingerprint density at radius 3 is 2.38 bits per heavy atom. The summed E-state index contributed by atoms with van der Waals surface area (Å²) >= 11 is 0. The molecule has 2 atom stereocenters. The summed E-state index contributed by atoms with van der Waals surface area (Å²) < 4.78 is 6.32. The summed E-state index contributed by atoms with van der Waals surface area (Å²) in [5, 5.41) is 0. The molecule has 2 heteroatoms. The van der Waals surface area contributed by atoms with E-state index in [1.807, 2.05) is 6.07 Å². The number of rotatable bonds is 4. The van der Waals surface area contributed by atoms with Crippen LogP contribution in [0.3, 0.4) is 0 Å². The van der Waals surface area contributed by atoms with Crippen LogP contribution in [0.1, 0.15) is 34.7 Å². The van der Waals surface area contributed by atoms with Crippen LogP contribution in [0.2, 0.25) is 0 Å². The Morgan fingerprint density at radius 1 is 0.931 bits per heavy atom. The quantitative estimate of drug-likeness (QED) is 0.559. The molecule has 0 saturated heterocycles. The first-order chi connectivity index (χ1) is 14.2. The summed E-state index contributed by atoms with van der Waals surface area (Å²) in [4.78, 5) is 12.4. The number of esters is 1. The maximum absolute atomic E-state index is 12.4. The van der Waals surface area contributed by atoms with Gasteiger partial charge < -0.3 is 4.74 Å². The average molecular weight is 380 g/mol. The van der Waals surface area contributed by atoms with Gasteiger partial charge in [0.15, 0.2) is 5.60 Å². The zero-order valence-corrected chi connectivity index (χ0v) is 16.6. The van der Waals surface area contributed by atoms with Gasteiger partial charge in [-0.1, -0.05) is 84.9 Å². The van der Waals surface area contributed by atoms with Crippen LogP contribution >= 0.6 is 0 Å². The van der Waals surface area contributed by atoms with E-state index in [1.165, 1.54) is 34.8 Å². The van der Waals surface area contributed by atoms with Crippen molar-refractivity contribution in [1.82, 2.24) is 0 Å². The molecule has 0 spiro atoms. The van der Waals surface area contributed by atoms with Gasteiger partial charge in [-0.25, -0.2) is 0 Å². The third kappa shape index (κ3) is 3.00. The molecule has 2 aliphatic carbocycles. The summed E-state index contributed by atoms with van der Waals surface area (Å²) in [5.41, 5.74) is 6.73. The average Bonchev–Trinajstić information content (AvgIpc) is 3.29. The standard InChI is InChI=1S/C27H24O2/c1-19(28)29-27(25-16-21-11-5-6-12-22(21)17-25)24(15-20-9-3-2-4-10-20)18-23-13-7-8-14-26(23)27/h2-14,16,24H,15,17-18H2,1H3. The predicted octanol–water partition coefficient (Wildman–Crippen LogP) is 5.50. The third-order valence-electron chi connectivity index (χ3n) is 6.33. The van der Waals surface area contributed by atoms with Gasteiger partial charge in [-0.3, -0.25) is 4.79 Å². The van der Waals surface area contributed by atoms with Gasteiger partial charge in [0, 0.05) is 18.4 Å². The molecule has 0 radical (unpaired) electrons. The van der Waals surface area contributed by atoms with Crippen molar-refractivity contribution in [3.05, 3.63) is 112 Å². The van der Waals surface area contributed by atoms with Crippen molar-refractivity contribution < 1.29 is 9.53 Å². The fourth-order valence-corrected chi connectivity index (χ4v) is 5.19. The molecule has 29 heavy (non-hydrogen) atoms. The number of hydrogen-bond donors (Lipinski definition) is 0. The topological polar surface area (TPSA) is 26.3 Å². The molecule has 144 valence electrons. The summed E-state index contributed by atoms with van der Waals surface area (Å²) in [5.74, 6) is -0.0524. The Kier molecular flexibility index (Phi) is 4.35. The lowest BCUT2D eigenvalue weighted by Gasteiger charge is -2.37. The normalized spacial score (nSPS) is 22.0. The molecule has 0 heterocycles. The molecule has 2 unspecified atom stereocenters. The molecular weight excluding hydrogens is 356 g/mol. The van der Waals surface area contributed by atoms with E-state index in [-0.39, 0.29) is 11.9 Å². The molecule has 3 aromatic rings. The summed E-state index contributed by atoms with van der Waals surface area (Å²) in [7, 11) is 0. The van der Waals surface area contributed by atoms with Crippen LogP contribution in [-0.4, -0.2) is 5.97 Å². The lowest BCUT2D eigenvalue weighted by molar-refractivity contribution is -0.158. The number of hydrogen-bond acceptors (Lipinski definition) is 2. The van der Waals surface area contributed by atoms with Gasteiger partial charge >= 0.3 is 5.97 Å². The van der Waals surface area contributed by atoms with Crippen molar-refractivity contribution in [3.63, 3.8) is 0 Å². The van der Waals surface area contributed by atoms with Crippen molar-refractivity contribution in [1.29, 1.82) is 0 Å². The minimum absolute atomic E-state index is 0.173. The third-order valence-corrected chi connectivity index (χ3v) is 6.33. The van der Waals surface area contributed by atoms with Crippen LogP contribution in [0.25, 0.3) is 6.08 Å². The zero-order valence-electron chi connectivity index (χ0n) is 16.6. The number of carbonyl (C=O) groups is 1. The molecule has 0 fully saturated rings. The Hall–Kier alpha value is -3.13. The van der Waals surface area contributed by atoms with E-state index < -0.39 is 5.60 Å². The molecule has 2 aliphatic rings. The maximum atomic E-state index is 12.4. The van der Waals surface area contributed by atoms with Gasteiger partial charge in [-0.05, 0) is 47.1 Å². The highest BCUT2D eigenvalue weighted by atomic mass is 16.6. The second kappa shape index (κ2) is 7.04. The van der Waals surface area contributed by atoms with Gasteiger partial charge in [0.05, 0.1) is 0 Å². The number of ether oxygens (including phenoxy) is 1. The van der Waals surface area contributed by atoms with Gasteiger partial charge in [0.2, 0.25) is 0 Å². The zero-order chi connectivity index (χ0) is 19.8. The van der Waals surface area contributed by atoms with Crippen molar-refractivity contribution in [2.45, 2.75) is 31.8 Å². The van der Waals surface area contributed by atoms with Gasteiger partial charge in [-0.15, -0.1) is 0 Å². The minimum Gasteiger partial charge on any atom is -0.449 e. The molecule has 2 nitrogen and oxygen atoms in total. The van der Waals surface area contributed by atoms with Crippen LogP contribution in [0.15, 0.2) is 84.4 Å². The van der Waals surface area contributed by atoms with E-state index in [9.17, 15) is 4.79 Å². The predicted molar refractivity (Wildman–Crippen MR) is 115 cm³/mol. The van der Waals surface area contributed by atoms with Crippen molar-refractivity contribution in [3.8, 4) is 0 Å². The fourth-order valence-electron chi connectivity index (χ4n) is 5.19. The molecule has 0 N–H and O–H groups in total. The van der Waals surface area contributed by atoms with E-state index in [0.717, 1.165) is 24.8 Å². The molecule has 0 amide bonds. The summed E-state index contributed by atoms with van der Waals surface area (Å²) in [6, 6.07) is 27.5. The summed E-state index contributed by atoms with van der Waals surface area (Å²) in [6.45, 7) is 1.53. The summed E-state index contributed by atoms with van der Waals surface area (Å²) in [6.07, 6.45) is 4.85. The molecular formula is C27H24O2. The molecule has 3 aromatic carbocycles. The van der Waals surface area contributed by atoms with Crippen LogP contribution in [0, 0.1) is 5.92 Å². The first-order valence-corrected chi connectivity index (χ1v) is 10.3. The lowest BCUT2D eigenvalue weighted by atomic mass is 9.76. The van der Waals surface area contributed by atoms with Crippen molar-refractivity contribution >= 4 is 12.0 Å². The van der Waals surface area contributed by atoms with Crippen LogP contribution < -0.4 is 0 Å². The molecule has 5 rings (SSSR count). The Morgan fingerprint density at radius 2 is 1.62 bits per heavy atom.